The van der Waals surface area contributed by atoms with Crippen molar-refractivity contribution in [2.24, 2.45) is 5.92 Å². The lowest BCUT2D eigenvalue weighted by molar-refractivity contribution is -0.136. The number of nitrogens with zero attached hydrogens (tertiary/aromatic N) is 2. The first-order valence-corrected chi connectivity index (χ1v) is 9.24. The maximum Gasteiger partial charge on any atom is 0.225 e. The van der Waals surface area contributed by atoms with Crippen LogP contribution in [0.25, 0.3) is 0 Å². The van der Waals surface area contributed by atoms with E-state index in [1.54, 1.807) is 6.07 Å². The van der Waals surface area contributed by atoms with Gasteiger partial charge in [0.15, 0.2) is 0 Å². The molecular weight excluding hydrogens is 344 g/mol. The summed E-state index contributed by atoms with van der Waals surface area (Å²) in [6.07, 6.45) is 0. The molecule has 2 aromatic rings. The van der Waals surface area contributed by atoms with Crippen LogP contribution < -0.4 is 4.74 Å². The fourth-order valence-corrected chi connectivity index (χ4v) is 3.09. The Morgan fingerprint density at radius 3 is 2.71 bits per heavy atom. The summed E-state index contributed by atoms with van der Waals surface area (Å²) >= 11 is 7.48. The standard InChI is InChI=1S/C18H23ClN2O2S/c1-12(2)18(22)21(13(3)4)9-15-11-24-17(20-15)10-23-16-7-5-6-14(19)8-16/h5-8,11-13H,9-10H2,1-4H3. The molecule has 1 aromatic carbocycles. The number of aromatic nitrogens is 1. The van der Waals surface area contributed by atoms with Crippen LogP contribution in [0.5, 0.6) is 5.75 Å². The first-order valence-electron chi connectivity index (χ1n) is 7.99. The average molecular weight is 367 g/mol. The van der Waals surface area contributed by atoms with E-state index in [2.05, 4.69) is 4.98 Å². The van der Waals surface area contributed by atoms with Crippen LogP contribution in [0.4, 0.5) is 0 Å². The number of hydrogen-bond acceptors (Lipinski definition) is 4. The first-order chi connectivity index (χ1) is 11.4. The van der Waals surface area contributed by atoms with Crippen molar-refractivity contribution in [3.63, 3.8) is 0 Å². The second-order valence-electron chi connectivity index (χ2n) is 6.19. The SMILES string of the molecule is CC(C)C(=O)N(Cc1csc(COc2cccc(Cl)c2)n1)C(C)C. The van der Waals surface area contributed by atoms with Crippen molar-refractivity contribution in [1.29, 1.82) is 0 Å². The molecule has 2 rings (SSSR count). The van der Waals surface area contributed by atoms with Crippen molar-refractivity contribution in [2.45, 2.75) is 46.9 Å². The van der Waals surface area contributed by atoms with Gasteiger partial charge in [0.25, 0.3) is 0 Å². The highest BCUT2D eigenvalue weighted by molar-refractivity contribution is 7.09. The highest BCUT2D eigenvalue weighted by Gasteiger charge is 2.21. The Kier molecular flexibility index (Phi) is 6.63. The Balaban J connectivity index is 1.98. The molecule has 0 saturated carbocycles. The zero-order chi connectivity index (χ0) is 17.7. The normalized spacial score (nSPS) is 11.1. The Labute approximate surface area is 152 Å². The molecule has 4 nitrogen and oxygen atoms in total. The van der Waals surface area contributed by atoms with Gasteiger partial charge >= 0.3 is 0 Å². The van der Waals surface area contributed by atoms with Gasteiger partial charge in [0, 0.05) is 22.4 Å². The highest BCUT2D eigenvalue weighted by atomic mass is 35.5. The lowest BCUT2D eigenvalue weighted by atomic mass is 10.1. The average Bonchev–Trinajstić information content (AvgIpc) is 2.97. The number of halogens is 1. The molecule has 24 heavy (non-hydrogen) atoms. The molecular formula is C18H23ClN2O2S. The van der Waals surface area contributed by atoms with E-state index >= 15 is 0 Å². The zero-order valence-electron chi connectivity index (χ0n) is 14.5. The zero-order valence-corrected chi connectivity index (χ0v) is 16.0. The molecule has 1 aromatic heterocycles. The summed E-state index contributed by atoms with van der Waals surface area (Å²) in [4.78, 5) is 18.7. The summed E-state index contributed by atoms with van der Waals surface area (Å²) in [6, 6.07) is 7.44. The third kappa shape index (κ3) is 5.21. The van der Waals surface area contributed by atoms with Gasteiger partial charge in [-0.3, -0.25) is 4.79 Å². The lowest BCUT2D eigenvalue weighted by Crippen LogP contribution is -2.39. The van der Waals surface area contributed by atoms with Gasteiger partial charge < -0.3 is 9.64 Å². The molecule has 0 aliphatic carbocycles. The minimum absolute atomic E-state index is 0.0170. The number of thiazole rings is 1. The quantitative estimate of drug-likeness (QED) is 0.708. The number of benzene rings is 1. The van der Waals surface area contributed by atoms with Crippen LogP contribution in [0.1, 0.15) is 38.4 Å². The predicted octanol–water partition coefficient (Wildman–Crippen LogP) is 4.77. The van der Waals surface area contributed by atoms with E-state index in [-0.39, 0.29) is 17.9 Å². The molecule has 1 amide bonds. The van der Waals surface area contributed by atoms with Gasteiger partial charge in [-0.2, -0.15) is 0 Å². The minimum Gasteiger partial charge on any atom is -0.486 e. The third-order valence-electron chi connectivity index (χ3n) is 3.49. The van der Waals surface area contributed by atoms with E-state index in [1.165, 1.54) is 11.3 Å². The van der Waals surface area contributed by atoms with Gasteiger partial charge in [-0.05, 0) is 32.0 Å². The summed E-state index contributed by atoms with van der Waals surface area (Å²) in [5.74, 6) is 0.851. The lowest BCUT2D eigenvalue weighted by Gasteiger charge is -2.27. The van der Waals surface area contributed by atoms with Crippen molar-refractivity contribution in [3.05, 3.63) is 45.4 Å². The number of ether oxygens (including phenoxy) is 1. The van der Waals surface area contributed by atoms with Crippen LogP contribution in [-0.2, 0) is 17.9 Å². The Morgan fingerprint density at radius 2 is 2.08 bits per heavy atom. The molecule has 6 heteroatoms. The molecule has 0 unspecified atom stereocenters. The second kappa shape index (κ2) is 8.49. The maximum atomic E-state index is 12.3. The molecule has 130 valence electrons. The number of carbonyl (C=O) groups excluding carboxylic acids is 1. The number of hydrogen-bond donors (Lipinski definition) is 0. The Bertz CT molecular complexity index is 685. The fraction of sp³-hybridized carbons (Fsp3) is 0.444. The van der Waals surface area contributed by atoms with E-state index in [0.29, 0.717) is 18.2 Å². The van der Waals surface area contributed by atoms with Gasteiger partial charge in [-0.15, -0.1) is 11.3 Å². The summed E-state index contributed by atoms with van der Waals surface area (Å²) in [7, 11) is 0. The van der Waals surface area contributed by atoms with E-state index in [0.717, 1.165) is 16.5 Å². The van der Waals surface area contributed by atoms with Crippen LogP contribution in [-0.4, -0.2) is 21.8 Å². The van der Waals surface area contributed by atoms with Crippen molar-refractivity contribution >= 4 is 28.8 Å². The van der Waals surface area contributed by atoms with Crippen LogP contribution in [0.2, 0.25) is 5.02 Å². The Hall–Kier alpha value is -1.59. The van der Waals surface area contributed by atoms with Gasteiger partial charge in [0.1, 0.15) is 17.4 Å². The van der Waals surface area contributed by atoms with E-state index in [9.17, 15) is 4.79 Å². The molecule has 0 fully saturated rings. The summed E-state index contributed by atoms with van der Waals surface area (Å²) < 4.78 is 5.71. The Morgan fingerprint density at radius 1 is 1.33 bits per heavy atom. The van der Waals surface area contributed by atoms with Crippen LogP contribution in [0.15, 0.2) is 29.6 Å². The van der Waals surface area contributed by atoms with E-state index in [4.69, 9.17) is 16.3 Å². The monoisotopic (exact) mass is 366 g/mol. The van der Waals surface area contributed by atoms with Gasteiger partial charge in [0.2, 0.25) is 5.91 Å². The van der Waals surface area contributed by atoms with Gasteiger partial charge in [-0.1, -0.05) is 31.5 Å². The molecule has 0 aliphatic rings. The molecule has 0 N–H and O–H groups in total. The number of carbonyl (C=O) groups is 1. The van der Waals surface area contributed by atoms with Crippen LogP contribution in [0, 0.1) is 5.92 Å². The molecule has 0 spiro atoms. The van der Waals surface area contributed by atoms with E-state index < -0.39 is 0 Å². The minimum atomic E-state index is -0.0170. The molecule has 0 radical (unpaired) electrons. The molecule has 1 heterocycles. The predicted molar refractivity (Wildman–Crippen MR) is 98.4 cm³/mol. The summed E-state index contributed by atoms with van der Waals surface area (Å²) in [6.45, 7) is 8.81. The van der Waals surface area contributed by atoms with Crippen molar-refractivity contribution < 1.29 is 9.53 Å². The van der Waals surface area contributed by atoms with E-state index in [1.807, 2.05) is 56.2 Å². The largest absolute Gasteiger partial charge is 0.486 e. The van der Waals surface area contributed by atoms with Crippen molar-refractivity contribution in [1.82, 2.24) is 9.88 Å². The van der Waals surface area contributed by atoms with Crippen molar-refractivity contribution in [3.8, 4) is 5.75 Å². The fourth-order valence-electron chi connectivity index (χ4n) is 2.21. The number of amides is 1. The smallest absolute Gasteiger partial charge is 0.225 e. The summed E-state index contributed by atoms with van der Waals surface area (Å²) in [5.41, 5.74) is 0.896. The van der Waals surface area contributed by atoms with Crippen molar-refractivity contribution in [2.75, 3.05) is 0 Å². The number of rotatable bonds is 7. The molecule has 0 bridgehead atoms. The molecule has 0 saturated heterocycles. The molecule has 0 atom stereocenters. The van der Waals surface area contributed by atoms with Crippen LogP contribution in [0.3, 0.4) is 0 Å². The van der Waals surface area contributed by atoms with Gasteiger partial charge in [0.05, 0.1) is 12.2 Å². The van der Waals surface area contributed by atoms with Crippen LogP contribution >= 0.6 is 22.9 Å². The third-order valence-corrected chi connectivity index (χ3v) is 4.60. The topological polar surface area (TPSA) is 42.4 Å². The summed E-state index contributed by atoms with van der Waals surface area (Å²) in [5, 5.41) is 3.51. The first kappa shape index (κ1) is 18.7. The van der Waals surface area contributed by atoms with Gasteiger partial charge in [-0.25, -0.2) is 4.98 Å². The molecule has 0 aliphatic heterocycles. The maximum absolute atomic E-state index is 12.3. The second-order valence-corrected chi connectivity index (χ2v) is 7.57. The highest BCUT2D eigenvalue weighted by Crippen LogP contribution is 2.20.